The summed E-state index contributed by atoms with van der Waals surface area (Å²) in [6.07, 6.45) is 1.08. The molecule has 6 heteroatoms. The molecule has 156 valence electrons. The van der Waals surface area contributed by atoms with Crippen LogP contribution in [0.15, 0.2) is 41.2 Å². The quantitative estimate of drug-likeness (QED) is 0.717. The number of benzene rings is 2. The molecule has 0 bridgehead atoms. The zero-order valence-electron chi connectivity index (χ0n) is 17.7. The van der Waals surface area contributed by atoms with Crippen molar-refractivity contribution in [2.45, 2.75) is 32.7 Å². The number of hydrogen-bond donors (Lipinski definition) is 1. The molecule has 0 unspecified atom stereocenters. The topological polar surface area (TPSA) is 71.6 Å². The maximum absolute atomic E-state index is 13.2. The Labute approximate surface area is 175 Å². The lowest BCUT2D eigenvalue weighted by molar-refractivity contribution is -0.132. The monoisotopic (exact) mass is 406 g/mol. The summed E-state index contributed by atoms with van der Waals surface area (Å²) in [6.45, 7) is 4.36. The number of rotatable bonds is 4. The van der Waals surface area contributed by atoms with E-state index >= 15 is 0 Å². The van der Waals surface area contributed by atoms with Gasteiger partial charge in [0.2, 0.25) is 5.91 Å². The summed E-state index contributed by atoms with van der Waals surface area (Å²) in [4.78, 5) is 30.8. The van der Waals surface area contributed by atoms with Crippen molar-refractivity contribution in [3.63, 3.8) is 0 Å². The van der Waals surface area contributed by atoms with Gasteiger partial charge in [-0.15, -0.1) is 0 Å². The number of H-pyrrole nitrogens is 1. The van der Waals surface area contributed by atoms with Crippen molar-refractivity contribution in [3.8, 4) is 11.5 Å². The number of nitrogens with zero attached hydrogens (tertiary/aromatic N) is 1. The van der Waals surface area contributed by atoms with Gasteiger partial charge < -0.3 is 19.4 Å². The number of pyridine rings is 1. The summed E-state index contributed by atoms with van der Waals surface area (Å²) in [7, 11) is 3.19. The fourth-order valence-electron chi connectivity index (χ4n) is 4.36. The second-order valence-electron chi connectivity index (χ2n) is 7.59. The molecular weight excluding hydrogens is 380 g/mol. The number of carbonyl (C=O) groups is 1. The summed E-state index contributed by atoms with van der Waals surface area (Å²) >= 11 is 0. The number of methoxy groups -OCH3 is 2. The highest BCUT2D eigenvalue weighted by atomic mass is 16.5. The first-order valence-electron chi connectivity index (χ1n) is 10.1. The second kappa shape index (κ2) is 7.86. The molecule has 0 spiro atoms. The van der Waals surface area contributed by atoms with E-state index < -0.39 is 6.04 Å². The third-order valence-electron chi connectivity index (χ3n) is 5.91. The maximum atomic E-state index is 13.2. The Morgan fingerprint density at radius 1 is 1.13 bits per heavy atom. The van der Waals surface area contributed by atoms with Gasteiger partial charge in [-0.3, -0.25) is 9.59 Å². The zero-order valence-corrected chi connectivity index (χ0v) is 17.7. The number of carbonyl (C=O) groups excluding carboxylic acids is 1. The number of hydrogen-bond acceptors (Lipinski definition) is 4. The molecule has 1 aliphatic rings. The first-order valence-corrected chi connectivity index (χ1v) is 10.1. The molecule has 0 aliphatic carbocycles. The summed E-state index contributed by atoms with van der Waals surface area (Å²) in [5.41, 5.74) is 4.16. The molecule has 4 rings (SSSR count). The molecule has 1 aliphatic heterocycles. The van der Waals surface area contributed by atoms with Crippen molar-refractivity contribution in [1.82, 2.24) is 9.88 Å². The molecule has 1 atom stereocenters. The van der Waals surface area contributed by atoms with Crippen LogP contribution in [0.4, 0.5) is 0 Å². The van der Waals surface area contributed by atoms with Crippen LogP contribution in [-0.4, -0.2) is 36.6 Å². The molecule has 3 aromatic rings. The normalized spacial score (nSPS) is 15.7. The van der Waals surface area contributed by atoms with Gasteiger partial charge >= 0.3 is 0 Å². The Balaban J connectivity index is 1.98. The number of aromatic amines is 1. The van der Waals surface area contributed by atoms with Crippen LogP contribution >= 0.6 is 0 Å². The minimum absolute atomic E-state index is 0.0178. The van der Waals surface area contributed by atoms with Gasteiger partial charge in [0.1, 0.15) is 0 Å². The third-order valence-corrected chi connectivity index (χ3v) is 5.91. The van der Waals surface area contributed by atoms with Gasteiger partial charge in [-0.25, -0.2) is 0 Å². The van der Waals surface area contributed by atoms with E-state index in [1.165, 1.54) is 0 Å². The van der Waals surface area contributed by atoms with Gasteiger partial charge in [0.05, 0.1) is 25.8 Å². The lowest BCUT2D eigenvalue weighted by Crippen LogP contribution is -2.42. The highest BCUT2D eigenvalue weighted by Gasteiger charge is 2.34. The fraction of sp³-hybridized carbons (Fsp3) is 0.333. The van der Waals surface area contributed by atoms with Crippen LogP contribution in [-0.2, 0) is 11.2 Å². The van der Waals surface area contributed by atoms with Crippen molar-refractivity contribution in [2.24, 2.45) is 0 Å². The first kappa shape index (κ1) is 20.0. The molecule has 0 fully saturated rings. The number of nitrogens with one attached hydrogen (secondary N) is 1. The Morgan fingerprint density at radius 3 is 2.57 bits per heavy atom. The lowest BCUT2D eigenvalue weighted by atomic mass is 9.87. The average molecular weight is 406 g/mol. The Morgan fingerprint density at radius 2 is 1.87 bits per heavy atom. The number of amides is 1. The van der Waals surface area contributed by atoms with Crippen LogP contribution in [0, 0.1) is 6.92 Å². The summed E-state index contributed by atoms with van der Waals surface area (Å²) in [6, 6.07) is 11.2. The molecule has 2 aromatic carbocycles. The van der Waals surface area contributed by atoms with E-state index in [1.54, 1.807) is 19.1 Å². The number of fused-ring (bicyclic) bond motifs is 2. The van der Waals surface area contributed by atoms with E-state index in [1.807, 2.05) is 50.2 Å². The van der Waals surface area contributed by atoms with Crippen LogP contribution < -0.4 is 15.0 Å². The van der Waals surface area contributed by atoms with E-state index in [-0.39, 0.29) is 11.5 Å². The third kappa shape index (κ3) is 3.22. The molecule has 6 nitrogen and oxygen atoms in total. The number of ether oxygens (including phenoxy) is 2. The maximum Gasteiger partial charge on any atom is 0.254 e. The van der Waals surface area contributed by atoms with Crippen molar-refractivity contribution < 1.29 is 14.3 Å². The molecule has 1 N–H and O–H groups in total. The Hall–Kier alpha value is -3.28. The fourth-order valence-corrected chi connectivity index (χ4v) is 4.36. The predicted molar refractivity (Wildman–Crippen MR) is 116 cm³/mol. The Bertz CT molecular complexity index is 1180. The molecule has 2 heterocycles. The summed E-state index contributed by atoms with van der Waals surface area (Å²) in [5.74, 6) is 1.25. The van der Waals surface area contributed by atoms with Crippen LogP contribution in [0.3, 0.4) is 0 Å². The number of aromatic nitrogens is 1. The van der Waals surface area contributed by atoms with E-state index in [9.17, 15) is 9.59 Å². The predicted octanol–water partition coefficient (Wildman–Crippen LogP) is 3.74. The van der Waals surface area contributed by atoms with Crippen molar-refractivity contribution in [3.05, 3.63) is 69.0 Å². The standard InChI is InChI=1S/C24H26N2O4/c1-5-21(27)26-10-9-15-12-19(29-3)20(30-4)13-17(15)23(26)18-11-16-8-6-7-14(2)22(16)25-24(18)28/h6-8,11-13,23H,5,9-10H2,1-4H3,(H,25,28)/t23-/m1/s1. The van der Waals surface area contributed by atoms with E-state index in [2.05, 4.69) is 4.98 Å². The van der Waals surface area contributed by atoms with Gasteiger partial charge in [-0.2, -0.15) is 0 Å². The molecule has 30 heavy (non-hydrogen) atoms. The first-order chi connectivity index (χ1) is 14.5. The van der Waals surface area contributed by atoms with Gasteiger partial charge in [0, 0.05) is 18.5 Å². The highest BCUT2D eigenvalue weighted by molar-refractivity contribution is 5.83. The van der Waals surface area contributed by atoms with Crippen molar-refractivity contribution in [2.75, 3.05) is 20.8 Å². The molecule has 1 amide bonds. The number of aryl methyl sites for hydroxylation is 1. The SMILES string of the molecule is CCC(=O)N1CCc2cc(OC)c(OC)cc2[C@@H]1c1cc2cccc(C)c2[nH]c1=O. The van der Waals surface area contributed by atoms with Gasteiger partial charge in [-0.05, 0) is 53.6 Å². The highest BCUT2D eigenvalue weighted by Crippen LogP contribution is 2.40. The largest absolute Gasteiger partial charge is 0.493 e. The van der Waals surface area contributed by atoms with Crippen molar-refractivity contribution in [1.29, 1.82) is 0 Å². The minimum Gasteiger partial charge on any atom is -0.493 e. The van der Waals surface area contributed by atoms with Crippen LogP contribution in [0.1, 0.15) is 41.6 Å². The van der Waals surface area contributed by atoms with Crippen LogP contribution in [0.25, 0.3) is 10.9 Å². The molecule has 1 aromatic heterocycles. The van der Waals surface area contributed by atoms with E-state index in [0.29, 0.717) is 36.4 Å². The molecular formula is C24H26N2O4. The van der Waals surface area contributed by atoms with Gasteiger partial charge in [0.15, 0.2) is 11.5 Å². The van der Waals surface area contributed by atoms with Gasteiger partial charge in [0.25, 0.3) is 5.56 Å². The summed E-state index contributed by atoms with van der Waals surface area (Å²) < 4.78 is 11.0. The summed E-state index contributed by atoms with van der Waals surface area (Å²) in [5, 5.41) is 0.945. The second-order valence-corrected chi connectivity index (χ2v) is 7.59. The average Bonchev–Trinajstić information content (AvgIpc) is 2.77. The smallest absolute Gasteiger partial charge is 0.254 e. The van der Waals surface area contributed by atoms with E-state index in [0.717, 1.165) is 27.6 Å². The van der Waals surface area contributed by atoms with Crippen LogP contribution in [0.5, 0.6) is 11.5 Å². The Kier molecular flexibility index (Phi) is 5.24. The molecule has 0 radical (unpaired) electrons. The molecule has 0 saturated carbocycles. The minimum atomic E-state index is -0.477. The molecule has 0 saturated heterocycles. The zero-order chi connectivity index (χ0) is 21.4. The van der Waals surface area contributed by atoms with Gasteiger partial charge in [-0.1, -0.05) is 25.1 Å². The lowest BCUT2D eigenvalue weighted by Gasteiger charge is -2.37. The van der Waals surface area contributed by atoms with Crippen LogP contribution in [0.2, 0.25) is 0 Å². The van der Waals surface area contributed by atoms with E-state index in [4.69, 9.17) is 9.47 Å². The number of para-hydroxylation sites is 1. The van der Waals surface area contributed by atoms with Crippen molar-refractivity contribution >= 4 is 16.8 Å².